The molecule has 0 spiro atoms. The summed E-state index contributed by atoms with van der Waals surface area (Å²) in [6, 6.07) is 21.6. The van der Waals surface area contributed by atoms with Crippen LogP contribution in [0, 0.1) is 0 Å². The molecule has 4 atom stereocenters. The maximum atomic E-state index is 9.79. The first-order chi connectivity index (χ1) is 16.6. The van der Waals surface area contributed by atoms with Gasteiger partial charge in [-0.15, -0.1) is 41.4 Å². The summed E-state index contributed by atoms with van der Waals surface area (Å²) in [5.74, 6) is 0. The van der Waals surface area contributed by atoms with Crippen molar-refractivity contribution < 1.29 is 9.53 Å². The summed E-state index contributed by atoms with van der Waals surface area (Å²) in [6.07, 6.45) is 6.66. The van der Waals surface area contributed by atoms with Crippen molar-refractivity contribution in [1.82, 2.24) is 0 Å². The second-order valence-corrected chi connectivity index (χ2v) is 16.1. The first-order valence-electron chi connectivity index (χ1n) is 12.6. The zero-order chi connectivity index (χ0) is 25.9. The maximum absolute atomic E-state index is 9.79. The van der Waals surface area contributed by atoms with Gasteiger partial charge in [0.2, 0.25) is 0 Å². The zero-order valence-electron chi connectivity index (χ0n) is 21.3. The van der Waals surface area contributed by atoms with E-state index in [0.29, 0.717) is 0 Å². The smallest absolute Gasteiger partial charge is 0.261 e. The Hall–Kier alpha value is -0.813. The van der Waals surface area contributed by atoms with Crippen LogP contribution in [0.4, 0.5) is 0 Å². The predicted octanol–water partition coefficient (Wildman–Crippen LogP) is 7.27. The van der Waals surface area contributed by atoms with Gasteiger partial charge in [0.25, 0.3) is 8.32 Å². The average molecular weight is 556 g/mol. The van der Waals surface area contributed by atoms with Crippen molar-refractivity contribution in [2.24, 2.45) is 0 Å². The first-order valence-corrected chi connectivity index (χ1v) is 15.8. The highest BCUT2D eigenvalue weighted by Gasteiger charge is 2.49. The van der Waals surface area contributed by atoms with E-state index in [1.807, 2.05) is 0 Å². The second kappa shape index (κ2) is 14.8. The molecule has 0 saturated heterocycles. The van der Waals surface area contributed by atoms with Crippen molar-refractivity contribution in [3.63, 3.8) is 0 Å². The summed E-state index contributed by atoms with van der Waals surface area (Å²) in [7, 11) is -2.45. The van der Waals surface area contributed by atoms with E-state index in [1.54, 1.807) is 0 Å². The molecular weight excluding hydrogens is 515 g/mol. The number of unbranched alkanes of at least 4 members (excludes halogenated alkanes) is 4. The fourth-order valence-electron chi connectivity index (χ4n) is 4.64. The van der Waals surface area contributed by atoms with Crippen LogP contribution in [0.5, 0.6) is 0 Å². The van der Waals surface area contributed by atoms with E-state index in [2.05, 4.69) is 88.0 Å². The fourth-order valence-corrected chi connectivity index (χ4v) is 10.2. The van der Waals surface area contributed by atoms with Crippen molar-refractivity contribution in [1.29, 1.82) is 0 Å². The summed E-state index contributed by atoms with van der Waals surface area (Å²) in [4.78, 5) is 0. The Morgan fingerprint density at radius 1 is 0.829 bits per heavy atom. The van der Waals surface area contributed by atoms with Crippen LogP contribution in [0.3, 0.4) is 0 Å². The van der Waals surface area contributed by atoms with Crippen molar-refractivity contribution in [2.45, 2.75) is 86.6 Å². The van der Waals surface area contributed by atoms with Gasteiger partial charge < -0.3 is 9.53 Å². The quantitative estimate of drug-likeness (QED) is 0.108. The number of hydrogen-bond donors (Lipinski definition) is 1. The highest BCUT2D eigenvalue weighted by atomic mass is 35.5. The highest BCUT2D eigenvalue weighted by Crippen LogP contribution is 2.37. The van der Waals surface area contributed by atoms with E-state index >= 15 is 0 Å². The Kier molecular flexibility index (Phi) is 12.9. The maximum Gasteiger partial charge on any atom is 0.261 e. The lowest BCUT2D eigenvalue weighted by molar-refractivity contribution is 0.214. The largest absolute Gasteiger partial charge is 0.407 e. The number of aliphatic hydroxyl groups is 1. The number of rotatable bonds is 15. The van der Waals surface area contributed by atoms with Gasteiger partial charge in [0.05, 0.1) is 22.2 Å². The number of halogens is 3. The summed E-state index contributed by atoms with van der Waals surface area (Å²) in [5, 5.41) is 11.0. The molecule has 0 unspecified atom stereocenters. The van der Waals surface area contributed by atoms with E-state index < -0.39 is 25.2 Å². The normalized spacial score (nSPS) is 15.9. The van der Waals surface area contributed by atoms with Crippen LogP contribution >= 0.6 is 34.8 Å². The van der Waals surface area contributed by atoms with Gasteiger partial charge in [0.1, 0.15) is 0 Å². The highest BCUT2D eigenvalue weighted by molar-refractivity contribution is 6.99. The third-order valence-corrected chi connectivity index (χ3v) is 13.5. The lowest BCUT2D eigenvalue weighted by atomic mass is 10.0. The minimum Gasteiger partial charge on any atom is -0.407 e. The molecule has 0 amide bonds. The number of benzene rings is 2. The van der Waals surface area contributed by atoms with Crippen molar-refractivity contribution in [2.75, 3.05) is 6.61 Å². The van der Waals surface area contributed by atoms with Gasteiger partial charge in [-0.3, -0.25) is 0 Å². The van der Waals surface area contributed by atoms with Gasteiger partial charge in [0.15, 0.2) is 0 Å². The van der Waals surface area contributed by atoms with E-state index in [4.69, 9.17) is 39.2 Å². The van der Waals surface area contributed by atoms with Crippen molar-refractivity contribution in [3.8, 4) is 0 Å². The van der Waals surface area contributed by atoms with Gasteiger partial charge in [-0.1, -0.05) is 113 Å². The van der Waals surface area contributed by atoms with Gasteiger partial charge in [0, 0.05) is 6.61 Å². The minimum atomic E-state index is -2.45. The molecular formula is C29H41Cl3O2Si. The summed E-state index contributed by atoms with van der Waals surface area (Å²) >= 11 is 18.9. The Morgan fingerprint density at radius 2 is 1.31 bits per heavy atom. The van der Waals surface area contributed by atoms with Gasteiger partial charge in [-0.05, 0) is 28.3 Å². The Labute approximate surface area is 228 Å². The summed E-state index contributed by atoms with van der Waals surface area (Å²) in [5.41, 5.74) is 0. The number of hydrogen-bond acceptors (Lipinski definition) is 2. The molecule has 0 aliphatic heterocycles. The zero-order valence-corrected chi connectivity index (χ0v) is 24.6. The molecule has 0 radical (unpaired) electrons. The van der Waals surface area contributed by atoms with Crippen LogP contribution in [0.1, 0.15) is 59.3 Å². The molecule has 194 valence electrons. The van der Waals surface area contributed by atoms with Crippen molar-refractivity contribution in [3.05, 3.63) is 73.3 Å². The Balaban J connectivity index is 1.88. The molecule has 0 bridgehead atoms. The molecule has 1 N–H and O–H groups in total. The minimum absolute atomic E-state index is 0.00260. The molecule has 0 aromatic heterocycles. The molecule has 0 aliphatic carbocycles. The lowest BCUT2D eigenvalue weighted by Gasteiger charge is -2.43. The van der Waals surface area contributed by atoms with Gasteiger partial charge in [-0.2, -0.15) is 0 Å². The van der Waals surface area contributed by atoms with E-state index in [1.165, 1.54) is 16.4 Å². The monoisotopic (exact) mass is 554 g/mol. The van der Waals surface area contributed by atoms with Crippen LogP contribution in [-0.2, 0) is 4.43 Å². The van der Waals surface area contributed by atoms with Crippen LogP contribution in [0.2, 0.25) is 5.04 Å². The molecule has 0 aliphatic rings. The molecule has 6 heteroatoms. The van der Waals surface area contributed by atoms with Crippen LogP contribution in [-0.4, -0.2) is 42.3 Å². The summed E-state index contributed by atoms with van der Waals surface area (Å²) in [6.45, 7) is 11.2. The van der Waals surface area contributed by atoms with Gasteiger partial charge in [-0.25, -0.2) is 0 Å². The molecule has 2 aromatic rings. The molecule has 2 rings (SSSR count). The Bertz CT molecular complexity index is 818. The fraction of sp³-hybridized carbons (Fsp3) is 0.517. The molecule has 35 heavy (non-hydrogen) atoms. The van der Waals surface area contributed by atoms with Gasteiger partial charge >= 0.3 is 0 Å². The third-order valence-electron chi connectivity index (χ3n) is 6.58. The molecule has 0 fully saturated rings. The van der Waals surface area contributed by atoms with E-state index in [-0.39, 0.29) is 10.4 Å². The van der Waals surface area contributed by atoms with Crippen LogP contribution in [0.25, 0.3) is 0 Å². The second-order valence-electron chi connectivity index (χ2n) is 10.2. The average Bonchev–Trinajstić information content (AvgIpc) is 2.86. The SMILES string of the molecule is C=C[C@@H](O)[C@H](Cl)[C@@H](Cl)[C@H](Cl)CCCCCCCO[Si](c1ccccc1)(c1ccccc1)C(C)(C)C. The lowest BCUT2D eigenvalue weighted by Crippen LogP contribution is -2.66. The molecule has 2 aromatic carbocycles. The van der Waals surface area contributed by atoms with Crippen molar-refractivity contribution >= 4 is 53.5 Å². The molecule has 0 saturated carbocycles. The topological polar surface area (TPSA) is 29.5 Å². The Morgan fingerprint density at radius 3 is 1.80 bits per heavy atom. The van der Waals surface area contributed by atoms with Crippen LogP contribution < -0.4 is 10.4 Å². The molecule has 2 nitrogen and oxygen atoms in total. The summed E-state index contributed by atoms with van der Waals surface area (Å²) < 4.78 is 6.96. The molecule has 0 heterocycles. The number of aliphatic hydroxyl groups excluding tert-OH is 1. The third kappa shape index (κ3) is 8.35. The van der Waals surface area contributed by atoms with E-state index in [0.717, 1.165) is 45.1 Å². The van der Waals surface area contributed by atoms with Crippen LogP contribution in [0.15, 0.2) is 73.3 Å². The first kappa shape index (κ1) is 30.4. The standard InChI is InChI=1S/C29H41Cl3O2Si/c1-5-26(33)28(32)27(31)25(30)21-15-7-6-8-16-22-34-35(29(2,3)4,23-17-11-9-12-18-23)24-19-13-10-14-20-24/h5,9-14,17-20,25-28,33H,1,6-8,15-16,21-22H2,2-4H3/t25-,26-,27+,28+/m1/s1. The number of alkyl halides is 3. The van der Waals surface area contributed by atoms with E-state index in [9.17, 15) is 5.11 Å². The predicted molar refractivity (Wildman–Crippen MR) is 156 cm³/mol.